The fourth-order valence-electron chi connectivity index (χ4n) is 4.86. The van der Waals surface area contributed by atoms with Crippen molar-refractivity contribution in [2.75, 3.05) is 31.6 Å². The van der Waals surface area contributed by atoms with Gasteiger partial charge in [0.05, 0.1) is 36.3 Å². The molecule has 2 aromatic heterocycles. The molecule has 1 saturated heterocycles. The fourth-order valence-corrected chi connectivity index (χ4v) is 5.58. The van der Waals surface area contributed by atoms with Crippen molar-refractivity contribution in [3.8, 4) is 5.75 Å². The van der Waals surface area contributed by atoms with Crippen LogP contribution in [0.4, 0.5) is 5.13 Å². The van der Waals surface area contributed by atoms with Gasteiger partial charge >= 0.3 is 5.97 Å². The van der Waals surface area contributed by atoms with Crippen LogP contribution in [0.15, 0.2) is 60.0 Å². The van der Waals surface area contributed by atoms with Crippen LogP contribution in [0.25, 0.3) is 11.0 Å². The highest BCUT2D eigenvalue weighted by atomic mass is 32.1. The first kappa shape index (κ1) is 26.8. The summed E-state index contributed by atoms with van der Waals surface area (Å²) in [6, 6.07) is 18.0. The highest BCUT2D eigenvalue weighted by Gasteiger charge is 2.23. The Morgan fingerprint density at radius 1 is 1.05 bits per heavy atom. The third-order valence-electron chi connectivity index (χ3n) is 6.79. The van der Waals surface area contributed by atoms with Crippen molar-refractivity contribution < 1.29 is 19.1 Å². The van der Waals surface area contributed by atoms with Crippen LogP contribution in [-0.2, 0) is 33.9 Å². The molecule has 0 saturated carbocycles. The number of fused-ring (bicyclic) bond motifs is 1. The summed E-state index contributed by atoms with van der Waals surface area (Å²) in [6.45, 7) is 5.42. The minimum Gasteiger partial charge on any atom is -0.486 e. The van der Waals surface area contributed by atoms with E-state index in [4.69, 9.17) is 14.5 Å². The summed E-state index contributed by atoms with van der Waals surface area (Å²) in [4.78, 5) is 35.7. The summed E-state index contributed by atoms with van der Waals surface area (Å²) in [7, 11) is 0. The Bertz CT molecular complexity index is 1400. The van der Waals surface area contributed by atoms with Gasteiger partial charge in [-0.15, -0.1) is 11.3 Å². The van der Waals surface area contributed by atoms with Crippen molar-refractivity contribution in [2.24, 2.45) is 5.92 Å². The number of nitrogens with one attached hydrogen (secondary N) is 1. The summed E-state index contributed by atoms with van der Waals surface area (Å²) in [5, 5.41) is 5.15. The number of carbonyl (C=O) groups excluding carboxylic acids is 2. The third-order valence-corrected chi connectivity index (χ3v) is 7.60. The predicted octanol–water partition coefficient (Wildman–Crippen LogP) is 4.53. The summed E-state index contributed by atoms with van der Waals surface area (Å²) < 4.78 is 13.3. The van der Waals surface area contributed by atoms with E-state index in [-0.39, 0.29) is 18.3 Å². The molecule has 0 spiro atoms. The van der Waals surface area contributed by atoms with Gasteiger partial charge in [0.1, 0.15) is 18.2 Å². The zero-order chi connectivity index (χ0) is 27.0. The number of anilines is 1. The molecule has 3 heterocycles. The van der Waals surface area contributed by atoms with Gasteiger partial charge < -0.3 is 19.4 Å². The van der Waals surface area contributed by atoms with Crippen LogP contribution in [0.3, 0.4) is 0 Å². The molecule has 10 heteroatoms. The predicted molar refractivity (Wildman–Crippen MR) is 151 cm³/mol. The average molecular weight is 548 g/mol. The maximum atomic E-state index is 12.6. The second-order valence-corrected chi connectivity index (χ2v) is 10.5. The number of likely N-dealkylation sites (tertiary alicyclic amines) is 1. The number of benzene rings is 2. The first-order chi connectivity index (χ1) is 19.1. The Hall–Kier alpha value is -3.76. The van der Waals surface area contributed by atoms with Gasteiger partial charge in [-0.2, -0.15) is 0 Å². The number of rotatable bonds is 11. The smallest absolute Gasteiger partial charge is 0.311 e. The highest BCUT2D eigenvalue weighted by molar-refractivity contribution is 7.13. The number of thiazole rings is 1. The number of imidazole rings is 1. The Labute approximate surface area is 231 Å². The first-order valence-corrected chi connectivity index (χ1v) is 14.2. The lowest BCUT2D eigenvalue weighted by atomic mass is 9.96. The molecule has 5 rings (SSSR count). The molecule has 0 radical (unpaired) electrons. The summed E-state index contributed by atoms with van der Waals surface area (Å²) in [5.74, 6) is 1.83. The van der Waals surface area contributed by atoms with Crippen LogP contribution in [-0.4, -0.2) is 57.6 Å². The van der Waals surface area contributed by atoms with Gasteiger partial charge in [-0.3, -0.25) is 14.5 Å². The number of carbonyl (C=O) groups is 2. The number of aromatic nitrogens is 3. The molecule has 9 nitrogen and oxygen atoms in total. The van der Waals surface area contributed by atoms with Crippen LogP contribution in [0.2, 0.25) is 0 Å². The maximum absolute atomic E-state index is 12.6. The first-order valence-electron chi connectivity index (χ1n) is 13.3. The maximum Gasteiger partial charge on any atom is 0.311 e. The van der Waals surface area contributed by atoms with E-state index in [1.165, 1.54) is 11.3 Å². The second-order valence-electron chi connectivity index (χ2n) is 9.62. The van der Waals surface area contributed by atoms with Crippen LogP contribution < -0.4 is 10.1 Å². The van der Waals surface area contributed by atoms with Gasteiger partial charge in [-0.25, -0.2) is 9.97 Å². The number of ether oxygens (including phenoxy) is 2. The molecule has 39 heavy (non-hydrogen) atoms. The number of hydrogen-bond acceptors (Lipinski definition) is 8. The molecular weight excluding hydrogens is 514 g/mol. The van der Waals surface area contributed by atoms with Crippen molar-refractivity contribution in [2.45, 2.75) is 39.3 Å². The number of nitrogens with zero attached hydrogens (tertiary/aromatic N) is 4. The molecule has 0 aliphatic carbocycles. The lowest BCUT2D eigenvalue weighted by molar-refractivity contribution is -0.142. The van der Waals surface area contributed by atoms with E-state index in [0.717, 1.165) is 55.1 Å². The van der Waals surface area contributed by atoms with Crippen molar-refractivity contribution in [3.63, 3.8) is 0 Å². The largest absolute Gasteiger partial charge is 0.486 e. The zero-order valence-electron chi connectivity index (χ0n) is 22.0. The molecule has 1 N–H and O–H groups in total. The van der Waals surface area contributed by atoms with Gasteiger partial charge in [-0.1, -0.05) is 30.3 Å². The van der Waals surface area contributed by atoms with Crippen LogP contribution >= 0.6 is 11.3 Å². The van der Waals surface area contributed by atoms with Gasteiger partial charge in [-0.05, 0) is 63.0 Å². The number of esters is 1. The molecule has 0 atom stereocenters. The third kappa shape index (κ3) is 7.21. The average Bonchev–Trinajstić information content (AvgIpc) is 3.53. The molecular formula is C29H33N5O4S. The van der Waals surface area contributed by atoms with Gasteiger partial charge in [0, 0.05) is 11.9 Å². The fraction of sp³-hybridized carbons (Fsp3) is 0.379. The lowest BCUT2D eigenvalue weighted by Crippen LogP contribution is -2.40. The molecule has 1 fully saturated rings. The Kier molecular flexibility index (Phi) is 8.85. The van der Waals surface area contributed by atoms with E-state index < -0.39 is 0 Å². The standard InChI is InChI=1S/C29H33N5O4S/c1-2-37-28(36)16-22-20-39-29(30-22)32-27(35)18-33-14-12-21(13-15-33)17-34-25-11-7-6-10-24(25)31-26(34)19-38-23-8-4-3-5-9-23/h3-11,20-21H,2,12-19H2,1H3,(H,30,32,35). The monoisotopic (exact) mass is 547 g/mol. The minimum absolute atomic E-state index is 0.0913. The molecule has 1 aliphatic heterocycles. The quantitative estimate of drug-likeness (QED) is 0.276. The molecule has 1 aliphatic rings. The van der Waals surface area contributed by atoms with Gasteiger partial charge in [0.15, 0.2) is 5.13 Å². The molecule has 0 unspecified atom stereocenters. The normalized spacial score (nSPS) is 14.4. The van der Waals surface area contributed by atoms with E-state index in [1.54, 1.807) is 12.3 Å². The molecule has 1 amide bonds. The Balaban J connectivity index is 1.13. The van der Waals surface area contributed by atoms with E-state index in [1.807, 2.05) is 48.5 Å². The van der Waals surface area contributed by atoms with E-state index >= 15 is 0 Å². The summed E-state index contributed by atoms with van der Waals surface area (Å²) >= 11 is 1.32. The van der Waals surface area contributed by atoms with Crippen molar-refractivity contribution >= 4 is 39.4 Å². The SMILES string of the molecule is CCOC(=O)Cc1csc(NC(=O)CN2CCC(Cn3c(COc4ccccc4)nc4ccccc43)CC2)n1. The second kappa shape index (κ2) is 12.9. The lowest BCUT2D eigenvalue weighted by Gasteiger charge is -2.31. The topological polar surface area (TPSA) is 98.6 Å². The van der Waals surface area contributed by atoms with Gasteiger partial charge in [0.2, 0.25) is 5.91 Å². The summed E-state index contributed by atoms with van der Waals surface area (Å²) in [5.41, 5.74) is 2.71. The van der Waals surface area contributed by atoms with Crippen molar-refractivity contribution in [1.29, 1.82) is 0 Å². The van der Waals surface area contributed by atoms with E-state index in [9.17, 15) is 9.59 Å². The van der Waals surface area contributed by atoms with Crippen LogP contribution in [0.5, 0.6) is 5.75 Å². The zero-order valence-corrected chi connectivity index (χ0v) is 22.9. The van der Waals surface area contributed by atoms with Crippen molar-refractivity contribution in [1.82, 2.24) is 19.4 Å². The minimum atomic E-state index is -0.317. The highest BCUT2D eigenvalue weighted by Crippen LogP contribution is 2.25. The number of piperidine rings is 1. The van der Waals surface area contributed by atoms with Crippen molar-refractivity contribution in [3.05, 3.63) is 71.5 Å². The van der Waals surface area contributed by atoms with Gasteiger partial charge in [0.25, 0.3) is 0 Å². The Morgan fingerprint density at radius 3 is 2.62 bits per heavy atom. The number of amides is 1. The molecule has 204 valence electrons. The Morgan fingerprint density at radius 2 is 1.82 bits per heavy atom. The molecule has 2 aromatic carbocycles. The van der Waals surface area contributed by atoms with Crippen LogP contribution in [0, 0.1) is 5.92 Å². The molecule has 0 bridgehead atoms. The number of para-hydroxylation sites is 3. The number of hydrogen-bond donors (Lipinski definition) is 1. The summed E-state index contributed by atoms with van der Waals surface area (Å²) in [6.07, 6.45) is 2.11. The van der Waals surface area contributed by atoms with E-state index in [0.29, 0.717) is 36.5 Å². The molecule has 4 aromatic rings. The van der Waals surface area contributed by atoms with Crippen LogP contribution in [0.1, 0.15) is 31.3 Å². The van der Waals surface area contributed by atoms with E-state index in [2.05, 4.69) is 25.8 Å².